The lowest BCUT2D eigenvalue weighted by molar-refractivity contribution is 0.465. The van der Waals surface area contributed by atoms with Gasteiger partial charge in [-0.25, -0.2) is 0 Å². The molecule has 8 aromatic carbocycles. The van der Waals surface area contributed by atoms with E-state index in [9.17, 15) is 20.4 Å². The standard InChI is InChI=1S/C29H26O2.C25H14Cl4O2/c1-17-13-21(14-18(2)27(17)30)29(22-15-19(3)28(31)20(4)16-22)25-11-7-5-9-23(25)24-10-6-8-12-26(24)29;26-19-9-13(10-20(27)23(19)30)25(14-11-21(28)24(31)22(29)12-14)17-7-3-1-5-15(17)16-6-2-4-8-18(16)25/h5-16,30-31H,1-4H3;1-12,30-31H. The number of fused-ring (bicyclic) bond motifs is 6. The summed E-state index contributed by atoms with van der Waals surface area (Å²) in [6.45, 7) is 7.83. The molecule has 8 heteroatoms. The minimum atomic E-state index is -0.866. The molecular formula is C54H40Cl4O4. The molecule has 10 rings (SSSR count). The highest BCUT2D eigenvalue weighted by atomic mass is 35.5. The SMILES string of the molecule is Cc1cc(C2(c3cc(C)c(O)c(C)c3)c3ccccc3-c3ccccc32)cc(C)c1O.Oc1c(Cl)cc(C2(c3cc(Cl)c(O)c(Cl)c3)c3ccccc3-c3ccccc32)cc1Cl. The van der Waals surface area contributed by atoms with Crippen LogP contribution >= 0.6 is 46.4 Å². The zero-order valence-corrected chi connectivity index (χ0v) is 37.2. The first-order valence-corrected chi connectivity index (χ1v) is 21.6. The molecular weight excluding hydrogens is 854 g/mol. The molecule has 2 aliphatic rings. The van der Waals surface area contributed by atoms with Crippen molar-refractivity contribution in [3.63, 3.8) is 0 Å². The van der Waals surface area contributed by atoms with Crippen LogP contribution in [0.15, 0.2) is 146 Å². The smallest absolute Gasteiger partial charge is 0.152 e. The van der Waals surface area contributed by atoms with Gasteiger partial charge in [0.1, 0.15) is 11.5 Å². The third kappa shape index (κ3) is 6.11. The summed E-state index contributed by atoms with van der Waals surface area (Å²) < 4.78 is 0. The van der Waals surface area contributed by atoms with Crippen molar-refractivity contribution < 1.29 is 20.4 Å². The number of hydrogen-bond donors (Lipinski definition) is 4. The van der Waals surface area contributed by atoms with Crippen molar-refractivity contribution >= 4 is 46.4 Å². The van der Waals surface area contributed by atoms with Crippen LogP contribution < -0.4 is 0 Å². The summed E-state index contributed by atoms with van der Waals surface area (Å²) in [6, 6.07) is 48.5. The van der Waals surface area contributed by atoms with Crippen molar-refractivity contribution in [1.29, 1.82) is 0 Å². The molecule has 0 atom stereocenters. The molecule has 4 N–H and O–H groups in total. The molecule has 0 fully saturated rings. The molecule has 8 aromatic rings. The molecule has 2 aliphatic carbocycles. The fraction of sp³-hybridized carbons (Fsp3) is 0.111. The van der Waals surface area contributed by atoms with Gasteiger partial charge in [-0.05, 0) is 141 Å². The van der Waals surface area contributed by atoms with E-state index in [1.165, 1.54) is 22.3 Å². The van der Waals surface area contributed by atoms with Crippen LogP contribution in [0.25, 0.3) is 22.3 Å². The normalized spacial score (nSPS) is 13.7. The molecule has 0 aliphatic heterocycles. The van der Waals surface area contributed by atoms with Gasteiger partial charge in [0.2, 0.25) is 0 Å². The van der Waals surface area contributed by atoms with Gasteiger partial charge >= 0.3 is 0 Å². The second-order valence-corrected chi connectivity index (χ2v) is 17.8. The van der Waals surface area contributed by atoms with Crippen molar-refractivity contribution in [2.45, 2.75) is 38.5 Å². The lowest BCUT2D eigenvalue weighted by Crippen LogP contribution is -2.29. The predicted molar refractivity (Wildman–Crippen MR) is 253 cm³/mol. The maximum atomic E-state index is 10.5. The molecule has 0 saturated carbocycles. The average Bonchev–Trinajstić information content (AvgIpc) is 3.74. The van der Waals surface area contributed by atoms with Crippen molar-refractivity contribution in [3.8, 4) is 45.3 Å². The molecule has 0 bridgehead atoms. The number of aryl methyl sites for hydroxylation is 4. The van der Waals surface area contributed by atoms with E-state index in [-0.39, 0.29) is 31.6 Å². The van der Waals surface area contributed by atoms with Crippen molar-refractivity contribution in [3.05, 3.63) is 232 Å². The van der Waals surface area contributed by atoms with E-state index in [1.807, 2.05) is 64.1 Å². The van der Waals surface area contributed by atoms with E-state index in [1.54, 1.807) is 24.3 Å². The van der Waals surface area contributed by atoms with Gasteiger partial charge in [-0.1, -0.05) is 168 Å². The van der Waals surface area contributed by atoms with E-state index < -0.39 is 10.8 Å². The van der Waals surface area contributed by atoms with Gasteiger partial charge in [0.25, 0.3) is 0 Å². The number of phenols is 4. The fourth-order valence-electron chi connectivity index (χ4n) is 9.96. The number of hydrogen-bond acceptors (Lipinski definition) is 4. The Bertz CT molecular complexity index is 2620. The summed E-state index contributed by atoms with van der Waals surface area (Å²) in [5.41, 5.74) is 14.8. The van der Waals surface area contributed by atoms with Crippen molar-refractivity contribution in [2.24, 2.45) is 0 Å². The summed E-state index contributed by atoms with van der Waals surface area (Å²) in [5.74, 6) is 0.334. The van der Waals surface area contributed by atoms with Gasteiger partial charge in [-0.15, -0.1) is 0 Å². The molecule has 0 aromatic heterocycles. The molecule has 0 spiro atoms. The van der Waals surface area contributed by atoms with E-state index in [0.29, 0.717) is 11.5 Å². The topological polar surface area (TPSA) is 80.9 Å². The summed E-state index contributed by atoms with van der Waals surface area (Å²) >= 11 is 25.4. The van der Waals surface area contributed by atoms with E-state index in [2.05, 4.69) is 84.9 Å². The van der Waals surface area contributed by atoms with E-state index in [0.717, 1.165) is 66.8 Å². The molecule has 0 unspecified atom stereocenters. The zero-order chi connectivity index (χ0) is 43.8. The van der Waals surface area contributed by atoms with Crippen LogP contribution in [0.4, 0.5) is 0 Å². The number of aromatic hydroxyl groups is 4. The van der Waals surface area contributed by atoms with Crippen LogP contribution in [-0.4, -0.2) is 20.4 Å². The molecule has 0 amide bonds. The van der Waals surface area contributed by atoms with Crippen LogP contribution in [0.5, 0.6) is 23.0 Å². The van der Waals surface area contributed by atoms with Crippen LogP contribution in [0.2, 0.25) is 20.1 Å². The monoisotopic (exact) mass is 892 g/mol. The Morgan fingerprint density at radius 1 is 0.306 bits per heavy atom. The average molecular weight is 895 g/mol. The molecule has 0 saturated heterocycles. The molecule has 4 nitrogen and oxygen atoms in total. The first-order valence-electron chi connectivity index (χ1n) is 20.1. The molecule has 308 valence electrons. The quantitative estimate of drug-likeness (QED) is 0.142. The minimum absolute atomic E-state index is 0.139. The van der Waals surface area contributed by atoms with Gasteiger partial charge in [0, 0.05) is 0 Å². The van der Waals surface area contributed by atoms with E-state index in [4.69, 9.17) is 46.4 Å². The Balaban J connectivity index is 0.000000158. The van der Waals surface area contributed by atoms with Crippen LogP contribution in [-0.2, 0) is 10.8 Å². The van der Waals surface area contributed by atoms with Gasteiger partial charge in [0.05, 0.1) is 30.9 Å². The lowest BCUT2D eigenvalue weighted by Gasteiger charge is -2.35. The second kappa shape index (κ2) is 15.5. The lowest BCUT2D eigenvalue weighted by atomic mass is 9.66. The third-order valence-corrected chi connectivity index (χ3v) is 13.8. The Morgan fingerprint density at radius 2 is 0.516 bits per heavy atom. The minimum Gasteiger partial charge on any atom is -0.507 e. The van der Waals surface area contributed by atoms with Crippen LogP contribution in [0, 0.1) is 27.7 Å². The Morgan fingerprint density at radius 3 is 0.758 bits per heavy atom. The summed E-state index contributed by atoms with van der Waals surface area (Å²) in [7, 11) is 0. The zero-order valence-electron chi connectivity index (χ0n) is 34.2. The maximum Gasteiger partial charge on any atom is 0.152 e. The van der Waals surface area contributed by atoms with Crippen molar-refractivity contribution in [2.75, 3.05) is 0 Å². The highest BCUT2D eigenvalue weighted by Crippen LogP contribution is 2.59. The molecule has 62 heavy (non-hydrogen) atoms. The highest BCUT2D eigenvalue weighted by molar-refractivity contribution is 6.38. The maximum absolute atomic E-state index is 10.5. The third-order valence-electron chi connectivity index (χ3n) is 12.7. The number of benzene rings is 8. The summed E-state index contributed by atoms with van der Waals surface area (Å²) in [6.07, 6.45) is 0. The highest BCUT2D eigenvalue weighted by Gasteiger charge is 2.48. The fourth-order valence-corrected chi connectivity index (χ4v) is 10.9. The van der Waals surface area contributed by atoms with Crippen molar-refractivity contribution in [1.82, 2.24) is 0 Å². The van der Waals surface area contributed by atoms with Gasteiger partial charge in [0.15, 0.2) is 11.5 Å². The first-order chi connectivity index (χ1) is 29.7. The number of rotatable bonds is 4. The summed E-state index contributed by atoms with van der Waals surface area (Å²) in [5, 5.41) is 42.0. The number of halogens is 4. The Hall–Kier alpha value is -5.88. The summed E-state index contributed by atoms with van der Waals surface area (Å²) in [4.78, 5) is 0. The molecule has 0 heterocycles. The largest absolute Gasteiger partial charge is 0.507 e. The number of phenolic OH excluding ortho intramolecular Hbond substituents is 4. The predicted octanol–water partition coefficient (Wildman–Crippen LogP) is 14.8. The van der Waals surface area contributed by atoms with Crippen LogP contribution in [0.3, 0.4) is 0 Å². The van der Waals surface area contributed by atoms with Gasteiger partial charge < -0.3 is 20.4 Å². The first kappa shape index (κ1) is 41.5. The van der Waals surface area contributed by atoms with Crippen LogP contribution in [0.1, 0.15) is 66.8 Å². The van der Waals surface area contributed by atoms with E-state index >= 15 is 0 Å². The molecule has 0 radical (unpaired) electrons. The van der Waals surface area contributed by atoms with Gasteiger partial charge in [-0.3, -0.25) is 0 Å². The Kier molecular flexibility index (Phi) is 10.4. The second-order valence-electron chi connectivity index (χ2n) is 16.2. The van der Waals surface area contributed by atoms with Gasteiger partial charge in [-0.2, -0.15) is 0 Å². The Labute approximate surface area is 380 Å².